The van der Waals surface area contributed by atoms with Gasteiger partial charge in [-0.15, -0.1) is 0 Å². The van der Waals surface area contributed by atoms with Crippen LogP contribution in [0.15, 0.2) is 21.9 Å². The lowest BCUT2D eigenvalue weighted by atomic mass is 9.95. The van der Waals surface area contributed by atoms with Gasteiger partial charge in [-0.25, -0.2) is 14.0 Å². The number of nitrogens with one attached hydrogen (secondary N) is 2. The molecule has 1 aromatic rings. The number of ether oxygens (including phenoxy) is 2. The van der Waals surface area contributed by atoms with Crippen molar-refractivity contribution in [1.82, 2.24) is 19.5 Å². The summed E-state index contributed by atoms with van der Waals surface area (Å²) < 4.78 is 48.1. The van der Waals surface area contributed by atoms with E-state index in [1.165, 1.54) is 16.8 Å². The molecule has 2 N–H and O–H groups in total. The molecule has 242 valence electrons. The highest BCUT2D eigenvalue weighted by Gasteiger charge is 2.46. The highest BCUT2D eigenvalue weighted by atomic mass is 79.9. The average molecular weight is 698 g/mol. The molecule has 0 radical (unpaired) electrons. The summed E-state index contributed by atoms with van der Waals surface area (Å²) in [5.74, 6) is 0. The fourth-order valence-corrected chi connectivity index (χ4v) is 8.64. The van der Waals surface area contributed by atoms with E-state index in [1.54, 1.807) is 11.7 Å². The third kappa shape index (κ3) is 9.42. The Hall–Kier alpha value is -0.673. The number of aromatic amines is 1. The maximum atomic E-state index is 14.1. The smallest absolute Gasteiger partial charge is 0.408 e. The molecule has 15 heteroatoms. The van der Waals surface area contributed by atoms with Crippen LogP contribution in [-0.4, -0.2) is 84.8 Å². The van der Waals surface area contributed by atoms with Gasteiger partial charge in [0, 0.05) is 42.5 Å². The quantitative estimate of drug-likeness (QED) is 0.172. The normalized spacial score (nSPS) is 28.2. The van der Waals surface area contributed by atoms with Crippen LogP contribution in [0.4, 0.5) is 0 Å². The molecule has 12 nitrogen and oxygen atoms in total. The van der Waals surface area contributed by atoms with E-state index in [2.05, 4.69) is 73.9 Å². The van der Waals surface area contributed by atoms with Gasteiger partial charge in [-0.1, -0.05) is 36.7 Å². The van der Waals surface area contributed by atoms with E-state index in [4.69, 9.17) is 22.9 Å². The van der Waals surface area contributed by atoms with E-state index in [1.807, 2.05) is 6.92 Å². The van der Waals surface area contributed by atoms with Crippen LogP contribution in [0.5, 0.6) is 0 Å². The first-order chi connectivity index (χ1) is 19.4. The molecule has 3 unspecified atom stereocenters. The molecule has 3 heterocycles. The van der Waals surface area contributed by atoms with E-state index in [9.17, 15) is 14.2 Å². The Bertz CT molecular complexity index is 1210. The van der Waals surface area contributed by atoms with Gasteiger partial charge in [0.1, 0.15) is 18.6 Å². The minimum atomic E-state index is -3.73. The first-order valence-electron chi connectivity index (χ1n) is 14.6. The number of H-pyrrole nitrogens is 1. The first kappa shape index (κ1) is 35.8. The van der Waals surface area contributed by atoms with Gasteiger partial charge in [-0.05, 0) is 52.4 Å². The summed E-state index contributed by atoms with van der Waals surface area (Å²) in [6.45, 7) is 17.6. The van der Waals surface area contributed by atoms with E-state index in [-0.39, 0.29) is 36.1 Å². The van der Waals surface area contributed by atoms with Crippen LogP contribution in [0.2, 0.25) is 18.1 Å². The second kappa shape index (κ2) is 14.2. The molecule has 0 amide bonds. The van der Waals surface area contributed by atoms with Gasteiger partial charge < -0.3 is 13.9 Å². The van der Waals surface area contributed by atoms with Gasteiger partial charge in [0.15, 0.2) is 8.32 Å². The summed E-state index contributed by atoms with van der Waals surface area (Å²) in [6.07, 6.45) is 1.33. The minimum absolute atomic E-state index is 0.0684. The monoisotopic (exact) mass is 696 g/mol. The fourth-order valence-electron chi connectivity index (χ4n) is 4.99. The lowest BCUT2D eigenvalue weighted by Crippen LogP contribution is -2.55. The zero-order valence-corrected chi connectivity index (χ0v) is 30.0. The van der Waals surface area contributed by atoms with Crippen LogP contribution >= 0.6 is 23.7 Å². The van der Waals surface area contributed by atoms with Crippen LogP contribution in [0.25, 0.3) is 0 Å². The Labute approximate surface area is 259 Å². The van der Waals surface area contributed by atoms with E-state index in [0.29, 0.717) is 24.7 Å². The number of alkyl halides is 1. The molecule has 0 bridgehead atoms. The molecule has 2 saturated heterocycles. The first-order valence-corrected chi connectivity index (χ1v) is 20.1. The second-order valence-electron chi connectivity index (χ2n) is 13.4. The van der Waals surface area contributed by atoms with Crippen molar-refractivity contribution >= 4 is 32.0 Å². The highest BCUT2D eigenvalue weighted by Crippen LogP contribution is 2.52. The number of nitrogens with zero attached hydrogens (tertiary/aromatic N) is 2. The van der Waals surface area contributed by atoms with Crippen LogP contribution in [0.3, 0.4) is 0 Å². The van der Waals surface area contributed by atoms with Crippen molar-refractivity contribution < 1.29 is 27.5 Å². The SMILES string of the molecule is CC1CC(C)(C)NC(CCOP(=O)(OC[C@H]2O[C@@H](n3ccc(=O)[nH]c3=O)C[C@@H]2O[Si](C)(C)C(C)(C)C)N(C)CCBr)O1. The van der Waals surface area contributed by atoms with Gasteiger partial charge in [0.25, 0.3) is 5.56 Å². The van der Waals surface area contributed by atoms with E-state index < -0.39 is 45.7 Å². The third-order valence-corrected chi connectivity index (χ3v) is 15.1. The number of hydrogen-bond acceptors (Lipinski definition) is 9. The summed E-state index contributed by atoms with van der Waals surface area (Å²) in [5.41, 5.74) is -1.12. The van der Waals surface area contributed by atoms with Crippen molar-refractivity contribution in [3.05, 3.63) is 33.1 Å². The number of hydrogen-bond donors (Lipinski definition) is 2. The maximum Gasteiger partial charge on any atom is 0.408 e. The molecule has 0 saturated carbocycles. The van der Waals surface area contributed by atoms with Crippen molar-refractivity contribution in [3.8, 4) is 0 Å². The van der Waals surface area contributed by atoms with Crippen LogP contribution in [0.1, 0.15) is 67.0 Å². The van der Waals surface area contributed by atoms with Crippen LogP contribution in [-0.2, 0) is 27.5 Å². The summed E-state index contributed by atoms with van der Waals surface area (Å²) in [5, 5.41) is 3.98. The average Bonchev–Trinajstić information content (AvgIpc) is 3.22. The van der Waals surface area contributed by atoms with Crippen LogP contribution in [0, 0.1) is 0 Å². The van der Waals surface area contributed by atoms with Crippen molar-refractivity contribution in [2.45, 2.75) is 115 Å². The fraction of sp³-hybridized carbons (Fsp3) is 0.852. The molecule has 3 rings (SSSR count). The van der Waals surface area contributed by atoms with Crippen molar-refractivity contribution in [2.75, 3.05) is 32.1 Å². The highest BCUT2D eigenvalue weighted by molar-refractivity contribution is 9.09. The zero-order chi connectivity index (χ0) is 31.5. The summed E-state index contributed by atoms with van der Waals surface area (Å²) in [6, 6.07) is 1.28. The summed E-state index contributed by atoms with van der Waals surface area (Å²) in [4.78, 5) is 26.5. The Balaban J connectivity index is 1.76. The zero-order valence-electron chi connectivity index (χ0n) is 26.5. The van der Waals surface area contributed by atoms with E-state index in [0.717, 1.165) is 6.42 Å². The Morgan fingerprint density at radius 1 is 1.24 bits per heavy atom. The Morgan fingerprint density at radius 2 is 1.93 bits per heavy atom. The molecule has 0 spiro atoms. The Morgan fingerprint density at radius 3 is 2.52 bits per heavy atom. The van der Waals surface area contributed by atoms with Crippen molar-refractivity contribution in [2.24, 2.45) is 0 Å². The molecule has 2 aliphatic heterocycles. The van der Waals surface area contributed by atoms with Crippen LogP contribution < -0.4 is 16.6 Å². The lowest BCUT2D eigenvalue weighted by Gasteiger charge is -2.41. The summed E-state index contributed by atoms with van der Waals surface area (Å²) in [7, 11) is -4.28. The standard InChI is InChI=1S/C27H50BrN4O8PSi/c1-19-17-27(5,6)30-23(38-19)11-15-36-41(35,31(7)14-12-28)37-18-21-20(40-42(8,9)26(2,3)4)16-24(39-21)32-13-10-22(33)29-25(32)34/h10,13,19-21,23-24,30H,11-12,14-18H2,1-9H3,(H,29,33,34)/t19?,20-,21+,23?,24+,41?/m0/s1. The van der Waals surface area contributed by atoms with Gasteiger partial charge in [-0.3, -0.25) is 28.7 Å². The lowest BCUT2D eigenvalue weighted by molar-refractivity contribution is -0.0943. The maximum absolute atomic E-state index is 14.1. The molecule has 0 aliphatic carbocycles. The predicted octanol–water partition coefficient (Wildman–Crippen LogP) is 4.58. The topological polar surface area (TPSA) is 133 Å². The molecule has 2 aliphatic rings. The molecule has 2 fully saturated rings. The molecule has 6 atom stereocenters. The molecule has 1 aromatic heterocycles. The summed E-state index contributed by atoms with van der Waals surface area (Å²) >= 11 is 3.41. The molecular weight excluding hydrogens is 647 g/mol. The van der Waals surface area contributed by atoms with Crippen molar-refractivity contribution in [3.63, 3.8) is 0 Å². The predicted molar refractivity (Wildman–Crippen MR) is 169 cm³/mol. The largest absolute Gasteiger partial charge is 0.411 e. The molecular formula is C27H50BrN4O8PSi. The number of rotatable bonds is 13. The van der Waals surface area contributed by atoms with Gasteiger partial charge in [0.05, 0.1) is 25.4 Å². The Kier molecular flexibility index (Phi) is 12.1. The minimum Gasteiger partial charge on any atom is -0.411 e. The second-order valence-corrected chi connectivity index (χ2v) is 21.1. The van der Waals surface area contributed by atoms with Gasteiger partial charge >= 0.3 is 13.4 Å². The number of aromatic nitrogens is 2. The van der Waals surface area contributed by atoms with Gasteiger partial charge in [-0.2, -0.15) is 0 Å². The van der Waals surface area contributed by atoms with Gasteiger partial charge in [0.2, 0.25) is 0 Å². The van der Waals surface area contributed by atoms with E-state index >= 15 is 0 Å². The number of halogens is 1. The molecule has 42 heavy (non-hydrogen) atoms. The third-order valence-electron chi connectivity index (χ3n) is 8.20. The molecule has 0 aromatic carbocycles. The van der Waals surface area contributed by atoms with Crippen molar-refractivity contribution in [1.29, 1.82) is 0 Å².